The molecule has 3 heterocycles. The predicted molar refractivity (Wildman–Crippen MR) is 102 cm³/mol. The molecule has 0 aliphatic carbocycles. The van der Waals surface area contributed by atoms with E-state index in [1.807, 2.05) is 0 Å². The van der Waals surface area contributed by atoms with E-state index in [0.717, 1.165) is 0 Å². The molecule has 0 amide bonds. The van der Waals surface area contributed by atoms with Crippen molar-refractivity contribution in [3.05, 3.63) is 0 Å². The summed E-state index contributed by atoms with van der Waals surface area (Å²) in [6, 6.07) is 0. The highest BCUT2D eigenvalue weighted by Crippen LogP contribution is 2.32. The van der Waals surface area contributed by atoms with Crippen LogP contribution < -0.4 is 0 Å². The highest BCUT2D eigenvalue weighted by molar-refractivity contribution is 5.73. The quantitative estimate of drug-likeness (QED) is 0.149. The van der Waals surface area contributed by atoms with E-state index < -0.39 is 111 Å². The van der Waals surface area contributed by atoms with Crippen molar-refractivity contribution in [3.63, 3.8) is 0 Å². The van der Waals surface area contributed by atoms with Crippen molar-refractivity contribution in [1.29, 1.82) is 0 Å². The second kappa shape index (κ2) is 11.5. The van der Waals surface area contributed by atoms with E-state index in [-0.39, 0.29) is 0 Å². The summed E-state index contributed by atoms with van der Waals surface area (Å²) in [5.41, 5.74) is 0. The van der Waals surface area contributed by atoms with Crippen molar-refractivity contribution < 1.29 is 84.7 Å². The van der Waals surface area contributed by atoms with E-state index in [2.05, 4.69) is 0 Å². The van der Waals surface area contributed by atoms with Gasteiger partial charge in [-0.1, -0.05) is 0 Å². The molecule has 0 spiro atoms. The molecule has 0 aromatic rings. The van der Waals surface area contributed by atoms with Gasteiger partial charge in [0.2, 0.25) is 0 Å². The number of aliphatic carboxylic acids is 1. The molecule has 3 rings (SSSR count). The molecule has 3 saturated heterocycles. The van der Waals surface area contributed by atoms with Crippen molar-refractivity contribution >= 4 is 5.97 Å². The van der Waals surface area contributed by atoms with Gasteiger partial charge < -0.3 is 79.9 Å². The summed E-state index contributed by atoms with van der Waals surface area (Å²) in [7, 11) is 0. The fourth-order valence-electron chi connectivity index (χ4n) is 4.01. The zero-order chi connectivity index (χ0) is 26.2. The average Bonchev–Trinajstić information content (AvgIpc) is 2.82. The van der Waals surface area contributed by atoms with Crippen LogP contribution in [0, 0.1) is 0 Å². The number of carboxylic acids is 1. The van der Waals surface area contributed by atoms with Crippen molar-refractivity contribution in [1.82, 2.24) is 0 Å². The first-order chi connectivity index (χ1) is 16.4. The summed E-state index contributed by atoms with van der Waals surface area (Å²) in [6.45, 7) is -1.64. The summed E-state index contributed by atoms with van der Waals surface area (Å²) in [4.78, 5) is 11.5. The Morgan fingerprint density at radius 3 is 1.74 bits per heavy atom. The molecule has 3 aliphatic heterocycles. The molecule has 17 nitrogen and oxygen atoms in total. The summed E-state index contributed by atoms with van der Waals surface area (Å²) in [5.74, 6) is -1.74. The minimum Gasteiger partial charge on any atom is -0.479 e. The first-order valence-corrected chi connectivity index (χ1v) is 10.6. The van der Waals surface area contributed by atoms with Gasteiger partial charge in [-0.05, 0) is 0 Å². The number of carboxylic acid groups (broad SMARTS) is 1. The van der Waals surface area contributed by atoms with Crippen LogP contribution in [-0.4, -0.2) is 167 Å². The van der Waals surface area contributed by atoms with Crippen molar-refractivity contribution in [2.45, 2.75) is 92.1 Å². The lowest BCUT2D eigenvalue weighted by molar-refractivity contribution is -0.384. The predicted octanol–water partition coefficient (Wildman–Crippen LogP) is -7.48. The van der Waals surface area contributed by atoms with E-state index in [4.69, 9.17) is 23.7 Å². The Bertz CT molecular complexity index is 709. The van der Waals surface area contributed by atoms with Gasteiger partial charge in [0.05, 0.1) is 13.2 Å². The summed E-state index contributed by atoms with van der Waals surface area (Å²) in [6.07, 6.45) is -28.2. The number of aliphatic hydroxyl groups is 10. The molecule has 3 aliphatic rings. The van der Waals surface area contributed by atoms with Gasteiger partial charge >= 0.3 is 5.97 Å². The number of ether oxygens (including phenoxy) is 5. The maximum Gasteiger partial charge on any atom is 0.335 e. The molecule has 0 aromatic heterocycles. The number of rotatable bonds is 7. The monoisotopic (exact) mass is 518 g/mol. The van der Waals surface area contributed by atoms with Crippen molar-refractivity contribution in [3.8, 4) is 0 Å². The second-order valence-corrected chi connectivity index (χ2v) is 8.37. The fourth-order valence-corrected chi connectivity index (χ4v) is 4.01. The highest BCUT2D eigenvalue weighted by atomic mass is 16.8. The Morgan fingerprint density at radius 2 is 1.17 bits per heavy atom. The molecule has 15 unspecified atom stereocenters. The SMILES string of the molecule is O=C(O)C1OC(OC2C(O)C(O)OC(CO)C2O)C(OC2OC(CO)C(O)C(O)C2O)C(O)C1O. The third kappa shape index (κ3) is 5.59. The zero-order valence-corrected chi connectivity index (χ0v) is 17.9. The van der Waals surface area contributed by atoms with E-state index in [1.54, 1.807) is 0 Å². The Balaban J connectivity index is 1.87. The fraction of sp³-hybridized carbons (Fsp3) is 0.944. The summed E-state index contributed by atoms with van der Waals surface area (Å²) in [5, 5.41) is 109. The van der Waals surface area contributed by atoms with Crippen LogP contribution in [0.25, 0.3) is 0 Å². The van der Waals surface area contributed by atoms with Crippen LogP contribution >= 0.6 is 0 Å². The van der Waals surface area contributed by atoms with Crippen LogP contribution in [0.4, 0.5) is 0 Å². The van der Waals surface area contributed by atoms with Crippen LogP contribution in [-0.2, 0) is 28.5 Å². The molecule has 35 heavy (non-hydrogen) atoms. The van der Waals surface area contributed by atoms with Gasteiger partial charge in [-0.15, -0.1) is 0 Å². The largest absolute Gasteiger partial charge is 0.479 e. The van der Waals surface area contributed by atoms with Gasteiger partial charge in [-0.2, -0.15) is 0 Å². The maximum absolute atomic E-state index is 11.5. The van der Waals surface area contributed by atoms with Crippen molar-refractivity contribution in [2.24, 2.45) is 0 Å². The first-order valence-electron chi connectivity index (χ1n) is 10.6. The normalized spacial score (nSPS) is 51.2. The van der Waals surface area contributed by atoms with E-state index in [0.29, 0.717) is 0 Å². The maximum atomic E-state index is 11.5. The Morgan fingerprint density at radius 1 is 0.600 bits per heavy atom. The standard InChI is InChI=1S/C18H30O17/c19-1-3-5(21)7(23)10(26)17(32-3)35-14-9(25)8(24)13(15(28)29)34-18(14)33-12-6(22)4(2-20)31-16(30)11(12)27/h3-14,16-27,30H,1-2H2,(H,28,29). The Hall–Kier alpha value is -1.13. The highest BCUT2D eigenvalue weighted by Gasteiger charge is 2.55. The number of hydrogen-bond donors (Lipinski definition) is 11. The zero-order valence-electron chi connectivity index (χ0n) is 17.9. The molecule has 0 saturated carbocycles. The minimum absolute atomic E-state index is 0.819. The topological polar surface area (TPSA) is 286 Å². The molecule has 15 atom stereocenters. The smallest absolute Gasteiger partial charge is 0.335 e. The lowest BCUT2D eigenvalue weighted by atomic mass is 9.96. The Labute approximate surface area is 196 Å². The molecular weight excluding hydrogens is 488 g/mol. The minimum atomic E-state index is -2.12. The van der Waals surface area contributed by atoms with Crippen LogP contribution in [0.15, 0.2) is 0 Å². The first kappa shape index (κ1) is 28.4. The average molecular weight is 518 g/mol. The van der Waals surface area contributed by atoms with Crippen molar-refractivity contribution in [2.75, 3.05) is 13.2 Å². The molecule has 3 fully saturated rings. The van der Waals surface area contributed by atoms with Crippen LogP contribution in [0.5, 0.6) is 0 Å². The molecule has 0 bridgehead atoms. The number of hydrogen-bond acceptors (Lipinski definition) is 16. The van der Waals surface area contributed by atoms with E-state index in [9.17, 15) is 61.0 Å². The second-order valence-electron chi connectivity index (χ2n) is 8.37. The third-order valence-electron chi connectivity index (χ3n) is 6.06. The van der Waals surface area contributed by atoms with Gasteiger partial charge in [-0.25, -0.2) is 4.79 Å². The van der Waals surface area contributed by atoms with Gasteiger partial charge in [0.1, 0.15) is 67.1 Å². The number of aliphatic hydroxyl groups excluding tert-OH is 10. The Kier molecular flexibility index (Phi) is 9.35. The third-order valence-corrected chi connectivity index (χ3v) is 6.06. The molecule has 204 valence electrons. The molecule has 11 N–H and O–H groups in total. The van der Waals surface area contributed by atoms with E-state index in [1.165, 1.54) is 0 Å². The van der Waals surface area contributed by atoms with Crippen LogP contribution in [0.3, 0.4) is 0 Å². The molecule has 0 aromatic carbocycles. The lowest BCUT2D eigenvalue weighted by Gasteiger charge is -2.47. The molecule has 17 heteroatoms. The lowest BCUT2D eigenvalue weighted by Crippen LogP contribution is -2.67. The van der Waals surface area contributed by atoms with Crippen LogP contribution in [0.2, 0.25) is 0 Å². The summed E-state index contributed by atoms with van der Waals surface area (Å²) >= 11 is 0. The molecular formula is C18H30O17. The molecule has 0 radical (unpaired) electrons. The van der Waals surface area contributed by atoms with E-state index >= 15 is 0 Å². The van der Waals surface area contributed by atoms with Gasteiger partial charge in [-0.3, -0.25) is 0 Å². The van der Waals surface area contributed by atoms with Gasteiger partial charge in [0.25, 0.3) is 0 Å². The van der Waals surface area contributed by atoms with Gasteiger partial charge in [0, 0.05) is 0 Å². The summed E-state index contributed by atoms with van der Waals surface area (Å²) < 4.78 is 26.0. The van der Waals surface area contributed by atoms with Gasteiger partial charge in [0.15, 0.2) is 25.0 Å². The number of carbonyl (C=O) groups is 1. The van der Waals surface area contributed by atoms with Crippen LogP contribution in [0.1, 0.15) is 0 Å².